The van der Waals surface area contributed by atoms with Crippen LogP contribution in [0.2, 0.25) is 0 Å². The lowest BCUT2D eigenvalue weighted by atomic mass is 10.3. The highest BCUT2D eigenvalue weighted by atomic mass is 79.9. The number of anilines is 2. The number of nitrogens with one attached hydrogen (secondary N) is 1. The Balaban J connectivity index is 2.27. The topological polar surface area (TPSA) is 64.3 Å². The van der Waals surface area contributed by atoms with Gasteiger partial charge in [0, 0.05) is 23.2 Å². The summed E-state index contributed by atoms with van der Waals surface area (Å²) in [6, 6.07) is 4.85. The SMILES string of the molecule is Nc1ccc(NC(=O)COCCCC(F)(F)F)c(Br)c1. The molecule has 4 nitrogen and oxygen atoms in total. The van der Waals surface area contributed by atoms with Crippen LogP contribution in [0.3, 0.4) is 0 Å². The summed E-state index contributed by atoms with van der Waals surface area (Å²) in [7, 11) is 0. The molecule has 0 saturated heterocycles. The molecule has 0 unspecified atom stereocenters. The Morgan fingerprint density at radius 2 is 2.10 bits per heavy atom. The molecular formula is C12H14BrF3N2O2. The predicted molar refractivity (Wildman–Crippen MR) is 73.3 cm³/mol. The number of nitrogen functional groups attached to an aromatic ring is 1. The monoisotopic (exact) mass is 354 g/mol. The molecule has 3 N–H and O–H groups in total. The number of halogens is 4. The van der Waals surface area contributed by atoms with E-state index in [-0.39, 0.29) is 19.6 Å². The van der Waals surface area contributed by atoms with Gasteiger partial charge in [0.15, 0.2) is 0 Å². The number of hydrogen-bond acceptors (Lipinski definition) is 3. The van der Waals surface area contributed by atoms with Gasteiger partial charge in [-0.2, -0.15) is 13.2 Å². The average molecular weight is 355 g/mol. The summed E-state index contributed by atoms with van der Waals surface area (Å²) in [5.41, 5.74) is 6.60. The molecule has 0 aliphatic carbocycles. The minimum atomic E-state index is -4.19. The summed E-state index contributed by atoms with van der Waals surface area (Å²) in [5.74, 6) is -0.442. The molecular weight excluding hydrogens is 341 g/mol. The van der Waals surface area contributed by atoms with Crippen molar-refractivity contribution >= 4 is 33.2 Å². The van der Waals surface area contributed by atoms with Crippen molar-refractivity contribution in [3.63, 3.8) is 0 Å². The zero-order chi connectivity index (χ0) is 15.2. The Labute approximate surface area is 122 Å². The summed E-state index contributed by atoms with van der Waals surface area (Å²) in [4.78, 5) is 11.5. The molecule has 1 amide bonds. The third kappa shape index (κ3) is 6.76. The van der Waals surface area contributed by atoms with E-state index < -0.39 is 18.5 Å². The summed E-state index contributed by atoms with van der Waals surface area (Å²) in [5, 5.41) is 2.56. The van der Waals surface area contributed by atoms with E-state index >= 15 is 0 Å². The van der Waals surface area contributed by atoms with Crippen molar-refractivity contribution in [3.8, 4) is 0 Å². The summed E-state index contributed by atoms with van der Waals surface area (Å²) in [6.07, 6.45) is -5.28. The molecule has 0 heterocycles. The number of carbonyl (C=O) groups is 1. The second-order valence-electron chi connectivity index (χ2n) is 4.06. The van der Waals surface area contributed by atoms with E-state index in [0.717, 1.165) is 0 Å². The number of carbonyl (C=O) groups excluding carboxylic acids is 1. The van der Waals surface area contributed by atoms with Crippen LogP contribution in [0.1, 0.15) is 12.8 Å². The Morgan fingerprint density at radius 1 is 1.40 bits per heavy atom. The lowest BCUT2D eigenvalue weighted by Gasteiger charge is -2.09. The zero-order valence-electron chi connectivity index (χ0n) is 10.5. The van der Waals surface area contributed by atoms with Crippen LogP contribution in [0.5, 0.6) is 0 Å². The number of amides is 1. The van der Waals surface area contributed by atoms with Gasteiger partial charge in [0.05, 0.1) is 5.69 Å². The second-order valence-corrected chi connectivity index (χ2v) is 4.91. The summed E-state index contributed by atoms with van der Waals surface area (Å²) in [6.45, 7) is -0.412. The van der Waals surface area contributed by atoms with Gasteiger partial charge in [-0.1, -0.05) is 0 Å². The van der Waals surface area contributed by atoms with Gasteiger partial charge in [-0.25, -0.2) is 0 Å². The molecule has 1 aromatic carbocycles. The molecule has 0 aliphatic heterocycles. The van der Waals surface area contributed by atoms with Crippen LogP contribution in [-0.2, 0) is 9.53 Å². The Bertz CT molecular complexity index is 467. The maximum atomic E-state index is 11.9. The number of hydrogen-bond donors (Lipinski definition) is 2. The van der Waals surface area contributed by atoms with E-state index in [1.165, 1.54) is 0 Å². The van der Waals surface area contributed by atoms with Gasteiger partial charge >= 0.3 is 6.18 Å². The molecule has 0 radical (unpaired) electrons. The van der Waals surface area contributed by atoms with Gasteiger partial charge in [0.25, 0.3) is 0 Å². The first-order valence-electron chi connectivity index (χ1n) is 5.77. The van der Waals surface area contributed by atoms with Crippen LogP contribution >= 0.6 is 15.9 Å². The zero-order valence-corrected chi connectivity index (χ0v) is 12.1. The lowest BCUT2D eigenvalue weighted by Crippen LogP contribution is -2.19. The number of nitrogens with two attached hydrogens (primary N) is 1. The molecule has 0 saturated carbocycles. The van der Waals surface area contributed by atoms with E-state index in [1.54, 1.807) is 18.2 Å². The second kappa shape index (κ2) is 7.49. The van der Waals surface area contributed by atoms with Crippen molar-refractivity contribution < 1.29 is 22.7 Å². The summed E-state index contributed by atoms with van der Waals surface area (Å²) >= 11 is 3.23. The van der Waals surface area contributed by atoms with E-state index in [4.69, 9.17) is 10.5 Å². The molecule has 8 heteroatoms. The highest BCUT2D eigenvalue weighted by Crippen LogP contribution is 2.24. The van der Waals surface area contributed by atoms with Crippen molar-refractivity contribution in [2.75, 3.05) is 24.3 Å². The van der Waals surface area contributed by atoms with Crippen molar-refractivity contribution in [2.45, 2.75) is 19.0 Å². The van der Waals surface area contributed by atoms with Crippen LogP contribution in [0.25, 0.3) is 0 Å². The van der Waals surface area contributed by atoms with E-state index in [0.29, 0.717) is 15.8 Å². The van der Waals surface area contributed by atoms with Crippen LogP contribution in [0, 0.1) is 0 Å². The van der Waals surface area contributed by atoms with Gasteiger partial charge in [0.2, 0.25) is 5.91 Å². The first-order chi connectivity index (χ1) is 9.28. The molecule has 0 aromatic heterocycles. The quantitative estimate of drug-likeness (QED) is 0.608. The van der Waals surface area contributed by atoms with Gasteiger partial charge in [-0.05, 0) is 40.5 Å². The Kier molecular flexibility index (Phi) is 6.28. The van der Waals surface area contributed by atoms with Crippen molar-refractivity contribution in [3.05, 3.63) is 22.7 Å². The largest absolute Gasteiger partial charge is 0.399 e. The van der Waals surface area contributed by atoms with E-state index in [2.05, 4.69) is 21.2 Å². The molecule has 20 heavy (non-hydrogen) atoms. The van der Waals surface area contributed by atoms with Crippen LogP contribution in [0.4, 0.5) is 24.5 Å². The molecule has 0 spiro atoms. The van der Waals surface area contributed by atoms with E-state index in [9.17, 15) is 18.0 Å². The minimum Gasteiger partial charge on any atom is -0.399 e. The smallest absolute Gasteiger partial charge is 0.389 e. The third-order valence-corrected chi connectivity index (χ3v) is 2.91. The maximum absolute atomic E-state index is 11.9. The number of alkyl halides is 3. The van der Waals surface area contributed by atoms with Gasteiger partial charge in [-0.3, -0.25) is 4.79 Å². The fourth-order valence-electron chi connectivity index (χ4n) is 1.36. The molecule has 0 bridgehead atoms. The molecule has 112 valence electrons. The predicted octanol–water partition coefficient (Wildman–Crippen LogP) is 3.33. The molecule has 0 fully saturated rings. The van der Waals surface area contributed by atoms with Crippen molar-refractivity contribution in [2.24, 2.45) is 0 Å². The first-order valence-corrected chi connectivity index (χ1v) is 6.56. The Hall–Kier alpha value is -1.28. The van der Waals surface area contributed by atoms with Crippen LogP contribution in [0.15, 0.2) is 22.7 Å². The number of ether oxygens (including phenoxy) is 1. The standard InChI is InChI=1S/C12H14BrF3N2O2/c13-9-6-8(17)2-3-10(9)18-11(19)7-20-5-1-4-12(14,15)16/h2-3,6H,1,4-5,7,17H2,(H,18,19). The van der Waals surface area contributed by atoms with Gasteiger partial charge < -0.3 is 15.8 Å². The number of benzene rings is 1. The third-order valence-electron chi connectivity index (χ3n) is 2.25. The normalized spacial score (nSPS) is 11.4. The number of rotatable bonds is 6. The molecule has 0 atom stereocenters. The Morgan fingerprint density at radius 3 is 2.70 bits per heavy atom. The maximum Gasteiger partial charge on any atom is 0.389 e. The van der Waals surface area contributed by atoms with Crippen molar-refractivity contribution in [1.29, 1.82) is 0 Å². The molecule has 0 aliphatic rings. The summed E-state index contributed by atoms with van der Waals surface area (Å²) < 4.78 is 41.1. The average Bonchev–Trinajstić information content (AvgIpc) is 2.31. The van der Waals surface area contributed by atoms with Gasteiger partial charge in [-0.15, -0.1) is 0 Å². The highest BCUT2D eigenvalue weighted by molar-refractivity contribution is 9.10. The minimum absolute atomic E-state index is 0.115. The van der Waals surface area contributed by atoms with E-state index in [1.807, 2.05) is 0 Å². The lowest BCUT2D eigenvalue weighted by molar-refractivity contribution is -0.138. The highest BCUT2D eigenvalue weighted by Gasteiger charge is 2.25. The van der Waals surface area contributed by atoms with Crippen LogP contribution < -0.4 is 11.1 Å². The fraction of sp³-hybridized carbons (Fsp3) is 0.417. The molecule has 1 rings (SSSR count). The van der Waals surface area contributed by atoms with Crippen LogP contribution in [-0.4, -0.2) is 25.3 Å². The first kappa shape index (κ1) is 16.8. The fourth-order valence-corrected chi connectivity index (χ4v) is 1.85. The molecule has 1 aromatic rings. The van der Waals surface area contributed by atoms with Gasteiger partial charge in [0.1, 0.15) is 6.61 Å². The van der Waals surface area contributed by atoms with Crippen molar-refractivity contribution in [1.82, 2.24) is 0 Å².